The predicted molar refractivity (Wildman–Crippen MR) is 61.6 cm³/mol. The van der Waals surface area contributed by atoms with E-state index in [0.717, 1.165) is 26.1 Å². The number of rotatable bonds is 4. The standard InChI is InChI=1S/C13H16FNO2/c14-17-13(16)8-12-6-7-15(10-12)9-11-4-2-1-3-5-11/h1-5,12H,6-10H2. The fraction of sp³-hybridized carbons (Fsp3) is 0.462. The molecule has 1 aromatic carbocycles. The van der Waals surface area contributed by atoms with Gasteiger partial charge in [0, 0.05) is 17.6 Å². The van der Waals surface area contributed by atoms with Crippen molar-refractivity contribution in [3.8, 4) is 0 Å². The van der Waals surface area contributed by atoms with Crippen molar-refractivity contribution in [1.82, 2.24) is 4.90 Å². The van der Waals surface area contributed by atoms with Crippen LogP contribution in [0.5, 0.6) is 0 Å². The number of nitrogens with zero attached hydrogens (tertiary/aromatic N) is 1. The molecule has 0 spiro atoms. The summed E-state index contributed by atoms with van der Waals surface area (Å²) in [5.41, 5.74) is 1.27. The van der Waals surface area contributed by atoms with Crippen molar-refractivity contribution in [3.05, 3.63) is 35.9 Å². The zero-order chi connectivity index (χ0) is 12.1. The van der Waals surface area contributed by atoms with Gasteiger partial charge in [0.2, 0.25) is 0 Å². The van der Waals surface area contributed by atoms with Crippen LogP contribution in [0.15, 0.2) is 30.3 Å². The van der Waals surface area contributed by atoms with Crippen molar-refractivity contribution >= 4 is 5.97 Å². The molecule has 1 unspecified atom stereocenters. The molecule has 0 aliphatic carbocycles. The average molecular weight is 237 g/mol. The van der Waals surface area contributed by atoms with Gasteiger partial charge < -0.3 is 0 Å². The molecule has 1 aliphatic rings. The van der Waals surface area contributed by atoms with Crippen molar-refractivity contribution in [2.75, 3.05) is 13.1 Å². The summed E-state index contributed by atoms with van der Waals surface area (Å²) >= 11 is 0. The number of carbonyl (C=O) groups excluding carboxylic acids is 1. The Morgan fingerprint density at radius 2 is 2.18 bits per heavy atom. The van der Waals surface area contributed by atoms with E-state index in [1.165, 1.54) is 5.56 Å². The topological polar surface area (TPSA) is 29.5 Å². The molecule has 4 heteroatoms. The summed E-state index contributed by atoms with van der Waals surface area (Å²) in [6.45, 7) is 2.69. The molecule has 0 aromatic heterocycles. The third-order valence-corrected chi connectivity index (χ3v) is 3.16. The van der Waals surface area contributed by atoms with E-state index >= 15 is 0 Å². The van der Waals surface area contributed by atoms with E-state index in [-0.39, 0.29) is 12.3 Å². The minimum absolute atomic E-state index is 0.182. The van der Waals surface area contributed by atoms with Gasteiger partial charge in [-0.05, 0) is 24.4 Å². The Morgan fingerprint density at radius 3 is 2.88 bits per heavy atom. The average Bonchev–Trinajstić information content (AvgIpc) is 2.77. The third-order valence-electron chi connectivity index (χ3n) is 3.16. The maximum absolute atomic E-state index is 11.6. The zero-order valence-electron chi connectivity index (χ0n) is 9.64. The van der Waals surface area contributed by atoms with E-state index in [0.29, 0.717) is 0 Å². The van der Waals surface area contributed by atoms with Gasteiger partial charge in [0.15, 0.2) is 0 Å². The summed E-state index contributed by atoms with van der Waals surface area (Å²) in [6.07, 6.45) is 1.11. The van der Waals surface area contributed by atoms with Crippen LogP contribution in [0.1, 0.15) is 18.4 Å². The van der Waals surface area contributed by atoms with E-state index in [1.807, 2.05) is 18.2 Å². The van der Waals surface area contributed by atoms with Gasteiger partial charge in [-0.1, -0.05) is 30.3 Å². The van der Waals surface area contributed by atoms with Gasteiger partial charge in [0.05, 0.1) is 6.42 Å². The fourth-order valence-corrected chi connectivity index (χ4v) is 2.33. The molecule has 1 aromatic rings. The Morgan fingerprint density at radius 1 is 1.41 bits per heavy atom. The summed E-state index contributed by atoms with van der Waals surface area (Å²) in [7, 11) is 0. The maximum atomic E-state index is 11.6. The molecule has 1 heterocycles. The van der Waals surface area contributed by atoms with Crippen LogP contribution in [0, 0.1) is 5.92 Å². The monoisotopic (exact) mass is 237 g/mol. The lowest BCUT2D eigenvalue weighted by molar-refractivity contribution is -0.184. The Balaban J connectivity index is 1.80. The molecule has 1 aliphatic heterocycles. The predicted octanol–water partition coefficient (Wildman–Crippen LogP) is 2.33. The van der Waals surface area contributed by atoms with Crippen molar-refractivity contribution < 1.29 is 14.3 Å². The van der Waals surface area contributed by atoms with Crippen LogP contribution in [0.3, 0.4) is 0 Å². The van der Waals surface area contributed by atoms with Crippen LogP contribution in [0.4, 0.5) is 4.53 Å². The van der Waals surface area contributed by atoms with Crippen LogP contribution in [-0.4, -0.2) is 24.0 Å². The second-order valence-electron chi connectivity index (χ2n) is 4.53. The fourth-order valence-electron chi connectivity index (χ4n) is 2.33. The lowest BCUT2D eigenvalue weighted by atomic mass is 10.1. The number of hydrogen-bond acceptors (Lipinski definition) is 3. The molecule has 0 saturated carbocycles. The van der Waals surface area contributed by atoms with E-state index in [9.17, 15) is 9.32 Å². The number of hydrogen-bond donors (Lipinski definition) is 0. The molecule has 1 saturated heterocycles. The number of carbonyl (C=O) groups is 1. The molecular weight excluding hydrogens is 221 g/mol. The molecule has 17 heavy (non-hydrogen) atoms. The Labute approximate surface area is 100 Å². The minimum Gasteiger partial charge on any atom is -0.299 e. The summed E-state index contributed by atoms with van der Waals surface area (Å²) in [5, 5.41) is 0. The molecule has 0 amide bonds. The molecule has 1 fully saturated rings. The molecule has 0 bridgehead atoms. The van der Waals surface area contributed by atoms with E-state index in [4.69, 9.17) is 0 Å². The minimum atomic E-state index is -0.753. The Hall–Kier alpha value is -1.42. The lowest BCUT2D eigenvalue weighted by Gasteiger charge is -2.15. The van der Waals surface area contributed by atoms with E-state index in [1.54, 1.807) is 0 Å². The smallest absolute Gasteiger partial charge is 0.299 e. The Kier molecular flexibility index (Phi) is 4.09. The molecule has 3 nitrogen and oxygen atoms in total. The van der Waals surface area contributed by atoms with Crippen LogP contribution in [0.2, 0.25) is 0 Å². The molecule has 2 rings (SSSR count). The quantitative estimate of drug-likeness (QED) is 0.805. The van der Waals surface area contributed by atoms with Gasteiger partial charge >= 0.3 is 5.97 Å². The van der Waals surface area contributed by atoms with Crippen LogP contribution in [0.25, 0.3) is 0 Å². The Bertz CT molecular complexity index is 369. The summed E-state index contributed by atoms with van der Waals surface area (Å²) < 4.78 is 11.6. The van der Waals surface area contributed by atoms with Gasteiger partial charge in [-0.25, -0.2) is 4.79 Å². The van der Waals surface area contributed by atoms with Crippen molar-refractivity contribution in [3.63, 3.8) is 0 Å². The van der Waals surface area contributed by atoms with Crippen LogP contribution < -0.4 is 0 Å². The number of halogens is 1. The van der Waals surface area contributed by atoms with Gasteiger partial charge in [-0.3, -0.25) is 9.84 Å². The van der Waals surface area contributed by atoms with Crippen LogP contribution >= 0.6 is 0 Å². The van der Waals surface area contributed by atoms with Gasteiger partial charge in [0.1, 0.15) is 0 Å². The second-order valence-corrected chi connectivity index (χ2v) is 4.53. The van der Waals surface area contributed by atoms with Crippen molar-refractivity contribution in [2.45, 2.75) is 19.4 Å². The molecular formula is C13H16FNO2. The van der Waals surface area contributed by atoms with Gasteiger partial charge in [0.25, 0.3) is 0 Å². The highest BCUT2D eigenvalue weighted by Crippen LogP contribution is 2.21. The maximum Gasteiger partial charge on any atom is 0.349 e. The van der Waals surface area contributed by atoms with E-state index < -0.39 is 5.97 Å². The molecule has 0 N–H and O–H groups in total. The molecule has 92 valence electrons. The molecule has 0 radical (unpaired) electrons. The first-order chi connectivity index (χ1) is 8.28. The summed E-state index contributed by atoms with van der Waals surface area (Å²) in [5.74, 6) is -0.529. The highest BCUT2D eigenvalue weighted by molar-refractivity contribution is 5.68. The normalized spacial score (nSPS) is 20.4. The number of likely N-dealkylation sites (tertiary alicyclic amines) is 1. The van der Waals surface area contributed by atoms with Gasteiger partial charge in [-0.2, -0.15) is 0 Å². The third kappa shape index (κ3) is 3.53. The van der Waals surface area contributed by atoms with E-state index in [2.05, 4.69) is 22.0 Å². The highest BCUT2D eigenvalue weighted by atomic mass is 19.3. The van der Waals surface area contributed by atoms with Gasteiger partial charge in [-0.15, -0.1) is 0 Å². The summed E-state index contributed by atoms with van der Waals surface area (Å²) in [4.78, 5) is 16.3. The first-order valence-electron chi connectivity index (χ1n) is 5.85. The first kappa shape index (κ1) is 12.0. The molecule has 1 atom stereocenters. The summed E-state index contributed by atoms with van der Waals surface area (Å²) in [6, 6.07) is 10.2. The first-order valence-corrected chi connectivity index (χ1v) is 5.85. The number of benzene rings is 1. The largest absolute Gasteiger partial charge is 0.349 e. The second kappa shape index (κ2) is 5.77. The van der Waals surface area contributed by atoms with Crippen molar-refractivity contribution in [2.24, 2.45) is 5.92 Å². The SMILES string of the molecule is O=C(CC1CCN(Cc2ccccc2)C1)OF. The van der Waals surface area contributed by atoms with Crippen LogP contribution in [-0.2, 0) is 16.3 Å². The lowest BCUT2D eigenvalue weighted by Crippen LogP contribution is -2.20. The zero-order valence-corrected chi connectivity index (χ0v) is 9.64. The van der Waals surface area contributed by atoms with Crippen molar-refractivity contribution in [1.29, 1.82) is 0 Å². The highest BCUT2D eigenvalue weighted by Gasteiger charge is 2.25.